The van der Waals surface area contributed by atoms with Crippen LogP contribution in [-0.4, -0.2) is 16.5 Å². The lowest BCUT2D eigenvalue weighted by atomic mass is 10.2. The van der Waals surface area contributed by atoms with Gasteiger partial charge >= 0.3 is 6.18 Å². The zero-order valence-electron chi connectivity index (χ0n) is 7.93. The summed E-state index contributed by atoms with van der Waals surface area (Å²) in [4.78, 5) is 10.8. The summed E-state index contributed by atoms with van der Waals surface area (Å²) < 4.78 is 37.5. The lowest BCUT2D eigenvalue weighted by Crippen LogP contribution is -2.22. The summed E-state index contributed by atoms with van der Waals surface area (Å²) in [5, 5.41) is 0. The van der Waals surface area contributed by atoms with Crippen LogP contribution >= 0.6 is 0 Å². The second kappa shape index (κ2) is 4.22. The number of halogens is 3. The molecule has 0 unspecified atom stereocenters. The summed E-state index contributed by atoms with van der Waals surface area (Å²) in [5.41, 5.74) is -0.361. The monoisotopic (exact) mass is 215 g/mol. The predicted molar refractivity (Wildman–Crippen MR) is 48.3 cm³/mol. The number of rotatable bonds is 2. The van der Waals surface area contributed by atoms with Gasteiger partial charge in [-0.25, -0.2) is 0 Å². The van der Waals surface area contributed by atoms with E-state index in [1.54, 1.807) is 6.92 Å². The van der Waals surface area contributed by atoms with Crippen molar-refractivity contribution in [2.24, 2.45) is 0 Å². The van der Waals surface area contributed by atoms with Crippen molar-refractivity contribution >= 4 is 5.78 Å². The summed E-state index contributed by atoms with van der Waals surface area (Å²) in [6.07, 6.45) is -2.29. The molecule has 5 heteroatoms. The molecule has 80 valence electrons. The number of hydrogen-bond donors (Lipinski definition) is 0. The third-order valence-corrected chi connectivity index (χ3v) is 1.71. The van der Waals surface area contributed by atoms with Crippen molar-refractivity contribution in [1.82, 2.24) is 4.57 Å². The van der Waals surface area contributed by atoms with Crippen LogP contribution in [0.1, 0.15) is 17.3 Å². The molecule has 0 atom stereocenters. The van der Waals surface area contributed by atoms with E-state index in [1.807, 2.05) is 0 Å². The average Bonchev–Trinajstić information content (AvgIpc) is 2.60. The maximum absolute atomic E-state index is 12.0. The Kier molecular flexibility index (Phi) is 3.20. The SMILES string of the molecule is CC#CCn1ccc(C(=O)C(F)(F)F)c1. The minimum atomic E-state index is -4.82. The van der Waals surface area contributed by atoms with Crippen LogP contribution in [0.4, 0.5) is 13.2 Å². The average molecular weight is 215 g/mol. The molecule has 0 saturated carbocycles. The van der Waals surface area contributed by atoms with Crippen LogP contribution in [0, 0.1) is 11.8 Å². The van der Waals surface area contributed by atoms with Gasteiger partial charge in [0.15, 0.2) is 0 Å². The third kappa shape index (κ3) is 2.88. The quantitative estimate of drug-likeness (QED) is 0.547. The molecular formula is C10H8F3NO. The van der Waals surface area contributed by atoms with Gasteiger partial charge in [0.2, 0.25) is 0 Å². The van der Waals surface area contributed by atoms with Gasteiger partial charge in [-0.05, 0) is 13.0 Å². The third-order valence-electron chi connectivity index (χ3n) is 1.71. The van der Waals surface area contributed by atoms with Crippen LogP contribution in [0.5, 0.6) is 0 Å². The van der Waals surface area contributed by atoms with Gasteiger partial charge in [-0.3, -0.25) is 4.79 Å². The molecular weight excluding hydrogens is 207 g/mol. The van der Waals surface area contributed by atoms with Gasteiger partial charge in [-0.15, -0.1) is 5.92 Å². The summed E-state index contributed by atoms with van der Waals surface area (Å²) in [6.45, 7) is 1.91. The number of carbonyl (C=O) groups is 1. The zero-order chi connectivity index (χ0) is 11.5. The molecule has 1 heterocycles. The molecule has 0 aliphatic carbocycles. The normalized spacial score (nSPS) is 10.7. The fourth-order valence-electron chi connectivity index (χ4n) is 1.01. The highest BCUT2D eigenvalue weighted by atomic mass is 19.4. The lowest BCUT2D eigenvalue weighted by molar-refractivity contribution is -0.0885. The molecule has 0 aliphatic heterocycles. The Labute approximate surface area is 84.7 Å². The smallest absolute Gasteiger partial charge is 0.342 e. The molecule has 1 aromatic rings. The van der Waals surface area contributed by atoms with E-state index in [2.05, 4.69) is 11.8 Å². The highest BCUT2D eigenvalue weighted by molar-refractivity contribution is 6.00. The molecule has 0 saturated heterocycles. The highest BCUT2D eigenvalue weighted by Crippen LogP contribution is 2.21. The van der Waals surface area contributed by atoms with Crippen molar-refractivity contribution in [2.75, 3.05) is 0 Å². The van der Waals surface area contributed by atoms with Crippen molar-refractivity contribution in [2.45, 2.75) is 19.6 Å². The lowest BCUT2D eigenvalue weighted by Gasteiger charge is -2.01. The minimum Gasteiger partial charge on any atom is -0.342 e. The van der Waals surface area contributed by atoms with Gasteiger partial charge in [0, 0.05) is 18.0 Å². The second-order valence-corrected chi connectivity index (χ2v) is 2.83. The Morgan fingerprint density at radius 2 is 2.20 bits per heavy atom. The Balaban J connectivity index is 2.83. The largest absolute Gasteiger partial charge is 0.454 e. The van der Waals surface area contributed by atoms with Crippen LogP contribution in [0.25, 0.3) is 0 Å². The first kappa shape index (κ1) is 11.4. The van der Waals surface area contributed by atoms with E-state index < -0.39 is 12.0 Å². The van der Waals surface area contributed by atoms with E-state index in [-0.39, 0.29) is 12.1 Å². The number of aromatic nitrogens is 1. The number of alkyl halides is 3. The molecule has 0 aromatic carbocycles. The topological polar surface area (TPSA) is 22.0 Å². The summed E-state index contributed by atoms with van der Waals surface area (Å²) in [7, 11) is 0. The van der Waals surface area contributed by atoms with Crippen LogP contribution in [0.15, 0.2) is 18.5 Å². The van der Waals surface area contributed by atoms with Crippen molar-refractivity contribution in [3.05, 3.63) is 24.0 Å². The molecule has 0 radical (unpaired) electrons. The van der Waals surface area contributed by atoms with Gasteiger partial charge in [0.25, 0.3) is 5.78 Å². The van der Waals surface area contributed by atoms with Gasteiger partial charge in [0.05, 0.1) is 6.54 Å². The van der Waals surface area contributed by atoms with Gasteiger partial charge in [-0.1, -0.05) is 5.92 Å². The number of carbonyl (C=O) groups excluding carboxylic acids is 1. The maximum atomic E-state index is 12.0. The number of Topliss-reactive ketones (excluding diaryl/α,β-unsaturated/α-hetero) is 1. The molecule has 0 N–H and O–H groups in total. The van der Waals surface area contributed by atoms with Crippen LogP contribution < -0.4 is 0 Å². The van der Waals surface area contributed by atoms with E-state index in [4.69, 9.17) is 0 Å². The van der Waals surface area contributed by atoms with E-state index in [1.165, 1.54) is 10.8 Å². The van der Waals surface area contributed by atoms with E-state index in [9.17, 15) is 18.0 Å². The Bertz CT molecular complexity index is 420. The molecule has 0 fully saturated rings. The zero-order valence-corrected chi connectivity index (χ0v) is 7.93. The van der Waals surface area contributed by atoms with Gasteiger partial charge < -0.3 is 4.57 Å². The fourth-order valence-corrected chi connectivity index (χ4v) is 1.01. The number of hydrogen-bond acceptors (Lipinski definition) is 1. The van der Waals surface area contributed by atoms with Crippen molar-refractivity contribution in [3.63, 3.8) is 0 Å². The molecule has 0 amide bonds. The van der Waals surface area contributed by atoms with E-state index >= 15 is 0 Å². The number of nitrogens with zero attached hydrogens (tertiary/aromatic N) is 1. The molecule has 0 spiro atoms. The van der Waals surface area contributed by atoms with Gasteiger partial charge in [0.1, 0.15) is 0 Å². The first-order valence-electron chi connectivity index (χ1n) is 4.12. The standard InChI is InChI=1S/C10H8F3NO/c1-2-3-5-14-6-4-8(7-14)9(15)10(11,12)13/h4,6-7H,5H2,1H3. The van der Waals surface area contributed by atoms with Crippen molar-refractivity contribution in [3.8, 4) is 11.8 Å². The minimum absolute atomic E-state index is 0.279. The molecule has 2 nitrogen and oxygen atoms in total. The van der Waals surface area contributed by atoms with Gasteiger partial charge in [-0.2, -0.15) is 13.2 Å². The highest BCUT2D eigenvalue weighted by Gasteiger charge is 2.39. The predicted octanol–water partition coefficient (Wildman–Crippen LogP) is 2.26. The molecule has 15 heavy (non-hydrogen) atoms. The fraction of sp³-hybridized carbons (Fsp3) is 0.300. The Morgan fingerprint density at radius 3 is 2.73 bits per heavy atom. The summed E-state index contributed by atoms with van der Waals surface area (Å²) in [5.74, 6) is 3.45. The first-order valence-corrected chi connectivity index (χ1v) is 4.12. The molecule has 0 bridgehead atoms. The van der Waals surface area contributed by atoms with E-state index in [0.717, 1.165) is 12.3 Å². The van der Waals surface area contributed by atoms with Crippen LogP contribution in [0.3, 0.4) is 0 Å². The molecule has 1 aromatic heterocycles. The summed E-state index contributed by atoms with van der Waals surface area (Å²) in [6, 6.07) is 1.13. The van der Waals surface area contributed by atoms with Crippen LogP contribution in [-0.2, 0) is 6.54 Å². The van der Waals surface area contributed by atoms with Crippen molar-refractivity contribution < 1.29 is 18.0 Å². The van der Waals surface area contributed by atoms with Crippen molar-refractivity contribution in [1.29, 1.82) is 0 Å². The molecule has 0 aliphatic rings. The van der Waals surface area contributed by atoms with Crippen LogP contribution in [0.2, 0.25) is 0 Å². The Morgan fingerprint density at radius 1 is 1.53 bits per heavy atom. The summed E-state index contributed by atoms with van der Waals surface area (Å²) >= 11 is 0. The van der Waals surface area contributed by atoms with E-state index in [0.29, 0.717) is 0 Å². The maximum Gasteiger partial charge on any atom is 0.454 e. The second-order valence-electron chi connectivity index (χ2n) is 2.83. The number of ketones is 1. The Hall–Kier alpha value is -1.70. The first-order chi connectivity index (χ1) is 6.95. The molecule has 1 rings (SSSR count).